The van der Waals surface area contributed by atoms with Gasteiger partial charge in [0.15, 0.2) is 0 Å². The Bertz CT molecular complexity index is 890. The summed E-state index contributed by atoms with van der Waals surface area (Å²) in [6.07, 6.45) is 0. The van der Waals surface area contributed by atoms with E-state index in [2.05, 4.69) is 46.6 Å². The van der Waals surface area contributed by atoms with Gasteiger partial charge < -0.3 is 19.7 Å². The Morgan fingerprint density at radius 3 is 2.17 bits per heavy atom. The average molecular weight is 409 g/mol. The lowest BCUT2D eigenvalue weighted by atomic mass is 10.2. The van der Waals surface area contributed by atoms with Crippen molar-refractivity contribution in [1.82, 2.24) is 0 Å². The van der Waals surface area contributed by atoms with E-state index in [1.165, 1.54) is 11.3 Å². The van der Waals surface area contributed by atoms with Crippen molar-refractivity contribution in [3.63, 3.8) is 0 Å². The van der Waals surface area contributed by atoms with E-state index in [-0.39, 0.29) is 0 Å². The van der Waals surface area contributed by atoms with Crippen molar-refractivity contribution in [2.45, 2.75) is 13.2 Å². The lowest BCUT2D eigenvalue weighted by Crippen LogP contribution is -2.36. The minimum atomic E-state index is 0.532. The number of rotatable bonds is 7. The van der Waals surface area contributed by atoms with E-state index in [1.807, 2.05) is 36.4 Å². The molecule has 4 rings (SSSR count). The summed E-state index contributed by atoms with van der Waals surface area (Å²) in [5.41, 5.74) is 4.67. The van der Waals surface area contributed by atoms with Gasteiger partial charge in [-0.2, -0.15) is 0 Å². The van der Waals surface area contributed by atoms with E-state index < -0.39 is 0 Å². The van der Waals surface area contributed by atoms with Crippen LogP contribution >= 0.6 is 11.6 Å². The molecule has 0 bridgehead atoms. The van der Waals surface area contributed by atoms with Crippen molar-refractivity contribution in [1.29, 1.82) is 0 Å². The molecule has 0 radical (unpaired) electrons. The van der Waals surface area contributed by atoms with Gasteiger partial charge in [-0.1, -0.05) is 35.9 Å². The number of hydrogen-bond donors (Lipinski definition) is 1. The lowest BCUT2D eigenvalue weighted by Gasteiger charge is -2.28. The van der Waals surface area contributed by atoms with Gasteiger partial charge in [0.2, 0.25) is 0 Å². The molecule has 1 aliphatic heterocycles. The number of nitrogens with zero attached hydrogens (tertiary/aromatic N) is 1. The molecule has 0 spiro atoms. The first-order chi connectivity index (χ1) is 14.3. The van der Waals surface area contributed by atoms with Crippen molar-refractivity contribution < 1.29 is 9.47 Å². The first kappa shape index (κ1) is 19.6. The molecular formula is C24H25ClN2O2. The summed E-state index contributed by atoms with van der Waals surface area (Å²) in [6, 6.07) is 24.5. The maximum atomic E-state index is 5.91. The first-order valence-corrected chi connectivity index (χ1v) is 10.3. The minimum Gasteiger partial charge on any atom is -0.489 e. The van der Waals surface area contributed by atoms with Crippen molar-refractivity contribution in [3.05, 3.63) is 88.9 Å². The summed E-state index contributed by atoms with van der Waals surface area (Å²) in [7, 11) is 0. The number of anilines is 2. The fourth-order valence-electron chi connectivity index (χ4n) is 3.27. The highest BCUT2D eigenvalue weighted by molar-refractivity contribution is 6.30. The largest absolute Gasteiger partial charge is 0.489 e. The van der Waals surface area contributed by atoms with Crippen LogP contribution in [0.15, 0.2) is 72.8 Å². The molecule has 0 aromatic heterocycles. The highest BCUT2D eigenvalue weighted by atomic mass is 35.5. The standard InChI is InChI=1S/C24H25ClN2O2/c25-21-5-1-20(2-6-21)18-29-24-11-3-19(4-12-24)17-26-22-7-9-23(10-8-22)27-13-15-28-16-14-27/h1-12,26H,13-18H2. The second-order valence-corrected chi connectivity index (χ2v) is 7.50. The van der Waals surface area contributed by atoms with Crippen LogP contribution in [0.1, 0.15) is 11.1 Å². The Labute approximate surface area is 177 Å². The molecule has 150 valence electrons. The summed E-state index contributed by atoms with van der Waals surface area (Å²) >= 11 is 5.91. The molecule has 1 aliphatic rings. The summed E-state index contributed by atoms with van der Waals surface area (Å²) in [5, 5.41) is 4.21. The van der Waals surface area contributed by atoms with Gasteiger partial charge in [0.05, 0.1) is 13.2 Å². The molecule has 3 aromatic carbocycles. The summed E-state index contributed by atoms with van der Waals surface area (Å²) in [4.78, 5) is 2.36. The van der Waals surface area contributed by atoms with Gasteiger partial charge in [0, 0.05) is 36.0 Å². The number of ether oxygens (including phenoxy) is 2. The van der Waals surface area contributed by atoms with Crippen molar-refractivity contribution >= 4 is 23.0 Å². The Balaban J connectivity index is 1.26. The Morgan fingerprint density at radius 1 is 0.828 bits per heavy atom. The Kier molecular flexibility index (Phi) is 6.55. The third-order valence-electron chi connectivity index (χ3n) is 4.98. The topological polar surface area (TPSA) is 33.7 Å². The summed E-state index contributed by atoms with van der Waals surface area (Å²) < 4.78 is 11.3. The highest BCUT2D eigenvalue weighted by Gasteiger charge is 2.10. The van der Waals surface area contributed by atoms with E-state index >= 15 is 0 Å². The van der Waals surface area contributed by atoms with Gasteiger partial charge >= 0.3 is 0 Å². The maximum absolute atomic E-state index is 5.91. The van der Waals surface area contributed by atoms with E-state index in [0.29, 0.717) is 6.61 Å². The van der Waals surface area contributed by atoms with Crippen LogP contribution < -0.4 is 15.0 Å². The molecule has 29 heavy (non-hydrogen) atoms. The third-order valence-corrected chi connectivity index (χ3v) is 5.23. The van der Waals surface area contributed by atoms with Crippen molar-refractivity contribution in [2.75, 3.05) is 36.5 Å². The second kappa shape index (κ2) is 9.68. The number of morpholine rings is 1. The molecule has 0 atom stereocenters. The minimum absolute atomic E-state index is 0.532. The molecule has 1 heterocycles. The van der Waals surface area contributed by atoms with Gasteiger partial charge in [0.25, 0.3) is 0 Å². The molecule has 0 aliphatic carbocycles. The van der Waals surface area contributed by atoms with Crippen LogP contribution in [0.2, 0.25) is 5.02 Å². The fraction of sp³-hybridized carbons (Fsp3) is 0.250. The molecular weight excluding hydrogens is 384 g/mol. The smallest absolute Gasteiger partial charge is 0.119 e. The molecule has 1 N–H and O–H groups in total. The number of halogens is 1. The zero-order valence-corrected chi connectivity index (χ0v) is 17.1. The first-order valence-electron chi connectivity index (χ1n) is 9.89. The van der Waals surface area contributed by atoms with E-state index in [1.54, 1.807) is 0 Å². The van der Waals surface area contributed by atoms with Gasteiger partial charge in [-0.15, -0.1) is 0 Å². The van der Waals surface area contributed by atoms with Crippen LogP contribution in [0.5, 0.6) is 5.75 Å². The quantitative estimate of drug-likeness (QED) is 0.570. The zero-order chi connectivity index (χ0) is 19.9. The molecule has 0 amide bonds. The summed E-state index contributed by atoms with van der Waals surface area (Å²) in [5.74, 6) is 0.860. The van der Waals surface area contributed by atoms with Crippen LogP contribution in [0, 0.1) is 0 Å². The van der Waals surface area contributed by atoms with E-state index in [0.717, 1.165) is 54.9 Å². The van der Waals surface area contributed by atoms with Crippen LogP contribution in [0.4, 0.5) is 11.4 Å². The summed E-state index contributed by atoms with van der Waals surface area (Å²) in [6.45, 7) is 4.83. The number of benzene rings is 3. The Morgan fingerprint density at radius 2 is 1.48 bits per heavy atom. The Hall–Kier alpha value is -2.69. The van der Waals surface area contributed by atoms with Gasteiger partial charge in [-0.05, 0) is 59.7 Å². The van der Waals surface area contributed by atoms with Gasteiger partial charge in [-0.25, -0.2) is 0 Å². The maximum Gasteiger partial charge on any atom is 0.119 e. The average Bonchev–Trinajstić information content (AvgIpc) is 2.79. The van der Waals surface area contributed by atoms with Crippen LogP contribution in [0.25, 0.3) is 0 Å². The van der Waals surface area contributed by atoms with Crippen molar-refractivity contribution in [3.8, 4) is 5.75 Å². The number of nitrogens with one attached hydrogen (secondary N) is 1. The molecule has 3 aromatic rings. The van der Waals surface area contributed by atoms with Gasteiger partial charge in [0.1, 0.15) is 12.4 Å². The predicted octanol–water partition coefficient (Wildman–Crippen LogP) is 5.37. The lowest BCUT2D eigenvalue weighted by molar-refractivity contribution is 0.122. The van der Waals surface area contributed by atoms with Gasteiger partial charge in [-0.3, -0.25) is 0 Å². The second-order valence-electron chi connectivity index (χ2n) is 7.06. The molecule has 5 heteroatoms. The zero-order valence-electron chi connectivity index (χ0n) is 16.3. The molecule has 0 unspecified atom stereocenters. The molecule has 1 saturated heterocycles. The monoisotopic (exact) mass is 408 g/mol. The van der Waals surface area contributed by atoms with Crippen LogP contribution in [-0.2, 0) is 17.9 Å². The van der Waals surface area contributed by atoms with Crippen LogP contribution in [-0.4, -0.2) is 26.3 Å². The molecule has 4 nitrogen and oxygen atoms in total. The van der Waals surface area contributed by atoms with Crippen LogP contribution in [0.3, 0.4) is 0 Å². The van der Waals surface area contributed by atoms with E-state index in [9.17, 15) is 0 Å². The SMILES string of the molecule is Clc1ccc(COc2ccc(CNc3ccc(N4CCOCC4)cc3)cc2)cc1. The molecule has 0 saturated carbocycles. The number of hydrogen-bond acceptors (Lipinski definition) is 4. The normalized spacial score (nSPS) is 13.9. The van der Waals surface area contributed by atoms with E-state index in [4.69, 9.17) is 21.1 Å². The predicted molar refractivity (Wildman–Crippen MR) is 119 cm³/mol. The highest BCUT2D eigenvalue weighted by Crippen LogP contribution is 2.20. The third kappa shape index (κ3) is 5.66. The fourth-order valence-corrected chi connectivity index (χ4v) is 3.39. The molecule has 1 fully saturated rings. The van der Waals surface area contributed by atoms with Crippen molar-refractivity contribution in [2.24, 2.45) is 0 Å².